The van der Waals surface area contributed by atoms with Crippen molar-refractivity contribution in [3.63, 3.8) is 0 Å². The number of carbonyl (C=O) groups is 1. The van der Waals surface area contributed by atoms with Gasteiger partial charge >= 0.3 is 0 Å². The average molecular weight is 295 g/mol. The molecule has 0 aliphatic rings. The summed E-state index contributed by atoms with van der Waals surface area (Å²) in [6.07, 6.45) is 0.453. The van der Waals surface area contributed by atoms with E-state index in [1.54, 1.807) is 26.2 Å². The van der Waals surface area contributed by atoms with Crippen molar-refractivity contribution < 1.29 is 19.0 Å². The zero-order chi connectivity index (χ0) is 15.7. The second-order valence-electron chi connectivity index (χ2n) is 5.00. The highest BCUT2D eigenvalue weighted by Gasteiger charge is 2.14. The fraction of sp³-hybridized carbons (Fsp3) is 0.562. The van der Waals surface area contributed by atoms with Gasteiger partial charge in [0.25, 0.3) is 5.91 Å². The number of amides is 1. The van der Waals surface area contributed by atoms with Gasteiger partial charge in [-0.3, -0.25) is 4.79 Å². The van der Waals surface area contributed by atoms with Crippen LogP contribution in [0.5, 0.6) is 11.5 Å². The Morgan fingerprint density at radius 1 is 1.24 bits per heavy atom. The maximum atomic E-state index is 11.9. The van der Waals surface area contributed by atoms with Gasteiger partial charge in [0.05, 0.1) is 13.2 Å². The van der Waals surface area contributed by atoms with Crippen molar-refractivity contribution in [1.29, 1.82) is 0 Å². The molecule has 1 rings (SSSR count). The molecule has 5 nitrogen and oxygen atoms in total. The van der Waals surface area contributed by atoms with E-state index in [2.05, 4.69) is 5.32 Å². The van der Waals surface area contributed by atoms with E-state index < -0.39 is 6.10 Å². The molecule has 21 heavy (non-hydrogen) atoms. The van der Waals surface area contributed by atoms with E-state index in [9.17, 15) is 4.79 Å². The van der Waals surface area contributed by atoms with Crippen molar-refractivity contribution in [3.05, 3.63) is 24.3 Å². The summed E-state index contributed by atoms with van der Waals surface area (Å²) in [5, 5.41) is 2.83. The number of ether oxygens (including phenoxy) is 3. The first-order valence-corrected chi connectivity index (χ1v) is 7.23. The first-order chi connectivity index (χ1) is 10.0. The highest BCUT2D eigenvalue weighted by Crippen LogP contribution is 2.19. The molecule has 0 bridgehead atoms. The molecule has 0 aliphatic carbocycles. The monoisotopic (exact) mass is 295 g/mol. The predicted octanol–water partition coefficient (Wildman–Crippen LogP) is 2.39. The zero-order valence-corrected chi connectivity index (χ0v) is 13.2. The van der Waals surface area contributed by atoms with Crippen molar-refractivity contribution in [2.75, 3.05) is 20.3 Å². The van der Waals surface area contributed by atoms with Crippen LogP contribution in [0.2, 0.25) is 0 Å². The number of nitrogens with one attached hydrogen (secondary N) is 1. The lowest BCUT2D eigenvalue weighted by Gasteiger charge is -2.15. The van der Waals surface area contributed by atoms with Gasteiger partial charge in [0.1, 0.15) is 11.5 Å². The van der Waals surface area contributed by atoms with Crippen LogP contribution < -0.4 is 14.8 Å². The molecule has 1 unspecified atom stereocenters. The second kappa shape index (κ2) is 9.23. The maximum Gasteiger partial charge on any atom is 0.260 e. The molecule has 0 spiro atoms. The molecule has 0 saturated heterocycles. The highest BCUT2D eigenvalue weighted by molar-refractivity contribution is 5.80. The summed E-state index contributed by atoms with van der Waals surface area (Å²) in [5.41, 5.74) is 0. The largest absolute Gasteiger partial charge is 0.497 e. The van der Waals surface area contributed by atoms with Crippen LogP contribution in [0.3, 0.4) is 0 Å². The van der Waals surface area contributed by atoms with Crippen LogP contribution in [0.15, 0.2) is 24.3 Å². The number of hydrogen-bond donors (Lipinski definition) is 1. The van der Waals surface area contributed by atoms with Crippen molar-refractivity contribution in [2.24, 2.45) is 0 Å². The van der Waals surface area contributed by atoms with Gasteiger partial charge in [0.15, 0.2) is 6.10 Å². The Morgan fingerprint density at radius 3 is 2.62 bits per heavy atom. The third kappa shape index (κ3) is 6.99. The molecule has 0 heterocycles. The number of hydrogen-bond acceptors (Lipinski definition) is 4. The molecule has 118 valence electrons. The summed E-state index contributed by atoms with van der Waals surface area (Å²) in [4.78, 5) is 11.9. The Labute approximate surface area is 126 Å². The van der Waals surface area contributed by atoms with Gasteiger partial charge in [0, 0.05) is 19.2 Å². The molecule has 0 aromatic heterocycles. The quantitative estimate of drug-likeness (QED) is 0.711. The molecule has 1 N–H and O–H groups in total. The minimum Gasteiger partial charge on any atom is -0.497 e. The van der Waals surface area contributed by atoms with E-state index in [0.29, 0.717) is 24.7 Å². The van der Waals surface area contributed by atoms with Gasteiger partial charge in [-0.2, -0.15) is 0 Å². The fourth-order valence-electron chi connectivity index (χ4n) is 1.68. The predicted molar refractivity (Wildman–Crippen MR) is 81.8 cm³/mol. The first-order valence-electron chi connectivity index (χ1n) is 7.23. The lowest BCUT2D eigenvalue weighted by Crippen LogP contribution is -2.37. The average Bonchev–Trinajstić information content (AvgIpc) is 2.46. The summed E-state index contributed by atoms with van der Waals surface area (Å²) in [7, 11) is 1.59. The maximum absolute atomic E-state index is 11.9. The van der Waals surface area contributed by atoms with Gasteiger partial charge in [-0.25, -0.2) is 0 Å². The highest BCUT2D eigenvalue weighted by atomic mass is 16.5. The molecule has 1 amide bonds. The van der Waals surface area contributed by atoms with Gasteiger partial charge in [-0.05, 0) is 39.3 Å². The molecule has 1 atom stereocenters. The lowest BCUT2D eigenvalue weighted by molar-refractivity contribution is -0.127. The number of methoxy groups -OCH3 is 1. The van der Waals surface area contributed by atoms with Crippen LogP contribution in [0, 0.1) is 0 Å². The molecule has 1 aromatic rings. The van der Waals surface area contributed by atoms with E-state index in [1.165, 1.54) is 0 Å². The van der Waals surface area contributed by atoms with Crippen LogP contribution in [-0.4, -0.2) is 38.4 Å². The first kappa shape index (κ1) is 17.3. The summed E-state index contributed by atoms with van der Waals surface area (Å²) in [6, 6.07) is 7.19. The topological polar surface area (TPSA) is 56.8 Å². The Hall–Kier alpha value is -1.75. The molecule has 0 radical (unpaired) electrons. The smallest absolute Gasteiger partial charge is 0.260 e. The molecular weight excluding hydrogens is 270 g/mol. The second-order valence-corrected chi connectivity index (χ2v) is 5.00. The van der Waals surface area contributed by atoms with Gasteiger partial charge in [-0.1, -0.05) is 6.07 Å². The van der Waals surface area contributed by atoms with Crippen LogP contribution in [-0.2, 0) is 9.53 Å². The molecular formula is C16H25NO4. The molecule has 0 aliphatic heterocycles. The van der Waals surface area contributed by atoms with Gasteiger partial charge in [0.2, 0.25) is 0 Å². The summed E-state index contributed by atoms with van der Waals surface area (Å²) in [6.45, 7) is 6.92. The van der Waals surface area contributed by atoms with Crippen molar-refractivity contribution in [2.45, 2.75) is 39.4 Å². The summed E-state index contributed by atoms with van der Waals surface area (Å²) >= 11 is 0. The molecule has 1 aromatic carbocycles. The third-order valence-electron chi connectivity index (χ3n) is 2.79. The third-order valence-corrected chi connectivity index (χ3v) is 2.79. The van der Waals surface area contributed by atoms with Gasteiger partial charge < -0.3 is 19.5 Å². The van der Waals surface area contributed by atoms with Crippen molar-refractivity contribution >= 4 is 5.91 Å². The standard InChI is InChI=1S/C16H25NO4/c1-12(2)20-10-6-9-17-16(18)13(3)21-15-8-5-7-14(11-15)19-4/h5,7-8,11-13H,6,9-10H2,1-4H3,(H,17,18). The Morgan fingerprint density at radius 2 is 1.95 bits per heavy atom. The number of carbonyl (C=O) groups excluding carboxylic acids is 1. The molecule has 0 saturated carbocycles. The lowest BCUT2D eigenvalue weighted by atomic mass is 10.3. The van der Waals surface area contributed by atoms with Crippen molar-refractivity contribution in [1.82, 2.24) is 5.32 Å². The van der Waals surface area contributed by atoms with E-state index in [4.69, 9.17) is 14.2 Å². The summed E-state index contributed by atoms with van der Waals surface area (Å²) < 4.78 is 16.1. The van der Waals surface area contributed by atoms with Crippen LogP contribution in [0.1, 0.15) is 27.2 Å². The summed E-state index contributed by atoms with van der Waals surface area (Å²) in [5.74, 6) is 1.17. The molecule has 5 heteroatoms. The normalized spacial score (nSPS) is 12.0. The minimum absolute atomic E-state index is 0.137. The van der Waals surface area contributed by atoms with E-state index in [0.717, 1.165) is 6.42 Å². The number of benzene rings is 1. The zero-order valence-electron chi connectivity index (χ0n) is 13.2. The van der Waals surface area contributed by atoms with E-state index in [-0.39, 0.29) is 12.0 Å². The van der Waals surface area contributed by atoms with Crippen LogP contribution >= 0.6 is 0 Å². The number of rotatable bonds is 9. The van der Waals surface area contributed by atoms with Gasteiger partial charge in [-0.15, -0.1) is 0 Å². The van der Waals surface area contributed by atoms with Crippen LogP contribution in [0.4, 0.5) is 0 Å². The Balaban J connectivity index is 2.30. The van der Waals surface area contributed by atoms with Crippen molar-refractivity contribution in [3.8, 4) is 11.5 Å². The fourth-order valence-corrected chi connectivity index (χ4v) is 1.68. The van der Waals surface area contributed by atoms with E-state index >= 15 is 0 Å². The molecule has 0 fully saturated rings. The van der Waals surface area contributed by atoms with Crippen LogP contribution in [0.25, 0.3) is 0 Å². The Bertz CT molecular complexity index is 434. The van der Waals surface area contributed by atoms with E-state index in [1.807, 2.05) is 26.0 Å². The SMILES string of the molecule is COc1cccc(OC(C)C(=O)NCCCOC(C)C)c1. The Kier molecular flexibility index (Phi) is 7.61. The minimum atomic E-state index is -0.553.